The Hall–Kier alpha value is -0.0600. The van der Waals surface area contributed by atoms with Crippen LogP contribution in [0.1, 0.15) is 5.56 Å². The normalized spacial score (nSPS) is 12.6. The molecule has 0 saturated carbocycles. The molecule has 0 bridgehead atoms. The largest absolute Gasteiger partial charge is 0.292 e. The van der Waals surface area contributed by atoms with Crippen LogP contribution in [-0.2, 0) is 10.2 Å². The van der Waals surface area contributed by atoms with E-state index in [0.717, 1.165) is 15.7 Å². The summed E-state index contributed by atoms with van der Waals surface area (Å²) in [7, 11) is 3.75. The Morgan fingerprint density at radius 1 is 1.58 bits per heavy atom. The van der Waals surface area contributed by atoms with E-state index < -0.39 is 10.2 Å². The van der Waals surface area contributed by atoms with Gasteiger partial charge in [0.2, 0.25) is 10.2 Å². The number of rotatable bonds is 2. The van der Waals surface area contributed by atoms with Gasteiger partial charge in [0.25, 0.3) is 0 Å². The zero-order valence-electron chi connectivity index (χ0n) is 6.30. The van der Waals surface area contributed by atoms with Gasteiger partial charge in [-0.05, 0) is 24.6 Å². The lowest BCUT2D eigenvalue weighted by atomic mass is 10.2. The van der Waals surface area contributed by atoms with Gasteiger partial charge in [-0.2, -0.15) is 0 Å². The topological polar surface area (TPSA) is 29.1 Å². The molecular formula is C7H7BrClNOS. The zero-order chi connectivity index (χ0) is 9.14. The van der Waals surface area contributed by atoms with E-state index in [9.17, 15) is 4.21 Å². The van der Waals surface area contributed by atoms with Gasteiger partial charge in [0, 0.05) is 15.2 Å². The monoisotopic (exact) mass is 267 g/mol. The number of nitrogens with one attached hydrogen (secondary N) is 1. The fourth-order valence-electron chi connectivity index (χ4n) is 0.804. The van der Waals surface area contributed by atoms with Crippen molar-refractivity contribution in [2.45, 2.75) is 6.92 Å². The molecule has 0 aliphatic carbocycles. The summed E-state index contributed by atoms with van der Waals surface area (Å²) in [5.74, 6) is 0. The van der Waals surface area contributed by atoms with Crippen LogP contribution >= 0.6 is 26.6 Å². The number of benzene rings is 1. The van der Waals surface area contributed by atoms with E-state index in [4.69, 9.17) is 10.7 Å². The van der Waals surface area contributed by atoms with Gasteiger partial charge in [0.1, 0.15) is 0 Å². The molecule has 2 nitrogen and oxygen atoms in total. The molecule has 0 aliphatic heterocycles. The molecule has 1 aromatic rings. The van der Waals surface area contributed by atoms with Crippen LogP contribution < -0.4 is 4.72 Å². The highest BCUT2D eigenvalue weighted by Crippen LogP contribution is 2.23. The zero-order valence-corrected chi connectivity index (χ0v) is 9.46. The SMILES string of the molecule is Cc1c(Br)cccc1NS(=O)Cl. The first-order valence-corrected chi connectivity index (χ1v) is 5.98. The van der Waals surface area contributed by atoms with Crippen molar-refractivity contribution in [3.8, 4) is 0 Å². The minimum Gasteiger partial charge on any atom is -0.292 e. The summed E-state index contributed by atoms with van der Waals surface area (Å²) >= 11 is 3.35. The second-order valence-electron chi connectivity index (χ2n) is 2.24. The summed E-state index contributed by atoms with van der Waals surface area (Å²) in [6.45, 7) is 1.91. The molecule has 1 aromatic carbocycles. The molecule has 66 valence electrons. The second-order valence-corrected chi connectivity index (χ2v) is 4.58. The van der Waals surface area contributed by atoms with E-state index in [1.807, 2.05) is 25.1 Å². The Kier molecular flexibility index (Phi) is 3.55. The molecule has 0 amide bonds. The fraction of sp³-hybridized carbons (Fsp3) is 0.143. The summed E-state index contributed by atoms with van der Waals surface area (Å²) in [5.41, 5.74) is 1.77. The summed E-state index contributed by atoms with van der Waals surface area (Å²) in [4.78, 5) is 0. The van der Waals surface area contributed by atoms with Crippen LogP contribution in [0.2, 0.25) is 0 Å². The van der Waals surface area contributed by atoms with Crippen molar-refractivity contribution in [1.82, 2.24) is 0 Å². The standard InChI is InChI=1S/C7H7BrClNOS/c1-5-6(8)3-2-4-7(5)10-12(9)11/h2-4,10H,1H3. The van der Waals surface area contributed by atoms with Crippen LogP contribution in [0.3, 0.4) is 0 Å². The fourth-order valence-corrected chi connectivity index (χ4v) is 1.81. The molecule has 0 spiro atoms. The number of hydrogen-bond donors (Lipinski definition) is 1. The van der Waals surface area contributed by atoms with Crippen molar-refractivity contribution in [1.29, 1.82) is 0 Å². The van der Waals surface area contributed by atoms with Gasteiger partial charge in [0.05, 0.1) is 5.69 Å². The number of hydrogen-bond acceptors (Lipinski definition) is 1. The van der Waals surface area contributed by atoms with Crippen molar-refractivity contribution >= 4 is 42.5 Å². The minimum absolute atomic E-state index is 0.776. The first-order valence-electron chi connectivity index (χ1n) is 3.21. The van der Waals surface area contributed by atoms with Crippen LogP contribution in [0, 0.1) is 6.92 Å². The van der Waals surface area contributed by atoms with E-state index in [2.05, 4.69) is 20.7 Å². The van der Waals surface area contributed by atoms with Crippen molar-refractivity contribution in [2.75, 3.05) is 4.72 Å². The maximum absolute atomic E-state index is 10.6. The molecule has 1 rings (SSSR count). The lowest BCUT2D eigenvalue weighted by Gasteiger charge is -2.05. The molecular weight excluding hydrogens is 262 g/mol. The van der Waals surface area contributed by atoms with Crippen LogP contribution in [0.4, 0.5) is 5.69 Å². The highest BCUT2D eigenvalue weighted by atomic mass is 79.9. The molecule has 0 heterocycles. The maximum atomic E-state index is 10.6. The Bertz CT molecular complexity index is 318. The van der Waals surface area contributed by atoms with Gasteiger partial charge < -0.3 is 0 Å². The predicted molar refractivity (Wildman–Crippen MR) is 56.5 cm³/mol. The molecule has 5 heteroatoms. The second kappa shape index (κ2) is 4.25. The average Bonchev–Trinajstić information content (AvgIpc) is 1.98. The number of halogens is 2. The van der Waals surface area contributed by atoms with E-state index >= 15 is 0 Å². The highest BCUT2D eigenvalue weighted by Gasteiger charge is 2.02. The third kappa shape index (κ3) is 2.47. The summed E-state index contributed by atoms with van der Waals surface area (Å²) in [5, 5.41) is 0. The maximum Gasteiger partial charge on any atom is 0.215 e. The van der Waals surface area contributed by atoms with E-state index in [1.165, 1.54) is 0 Å². The quantitative estimate of drug-likeness (QED) is 0.821. The summed E-state index contributed by atoms with van der Waals surface area (Å²) < 4.78 is 14.2. The highest BCUT2D eigenvalue weighted by molar-refractivity contribution is 9.10. The molecule has 0 fully saturated rings. The first kappa shape index (κ1) is 10.0. The predicted octanol–water partition coefficient (Wildman–Crippen LogP) is 2.99. The molecule has 1 atom stereocenters. The smallest absolute Gasteiger partial charge is 0.215 e. The molecule has 12 heavy (non-hydrogen) atoms. The van der Waals surface area contributed by atoms with Crippen molar-refractivity contribution in [2.24, 2.45) is 0 Å². The van der Waals surface area contributed by atoms with E-state index in [0.29, 0.717) is 0 Å². The van der Waals surface area contributed by atoms with Gasteiger partial charge in [0.15, 0.2) is 0 Å². The van der Waals surface area contributed by atoms with Crippen molar-refractivity contribution < 1.29 is 4.21 Å². The Labute approximate surface area is 86.5 Å². The molecule has 1 unspecified atom stereocenters. The third-order valence-corrected chi connectivity index (χ3v) is 2.93. The van der Waals surface area contributed by atoms with Gasteiger partial charge >= 0.3 is 0 Å². The Balaban J connectivity index is 3.00. The summed E-state index contributed by atoms with van der Waals surface area (Å²) in [6, 6.07) is 5.58. The average molecular weight is 269 g/mol. The van der Waals surface area contributed by atoms with E-state index in [1.54, 1.807) is 0 Å². The van der Waals surface area contributed by atoms with Crippen LogP contribution in [-0.4, -0.2) is 4.21 Å². The van der Waals surface area contributed by atoms with Gasteiger partial charge in [-0.3, -0.25) is 4.72 Å². The van der Waals surface area contributed by atoms with Crippen molar-refractivity contribution in [3.05, 3.63) is 28.2 Å². The molecule has 0 aromatic heterocycles. The van der Waals surface area contributed by atoms with Gasteiger partial charge in [-0.1, -0.05) is 22.0 Å². The van der Waals surface area contributed by atoms with Crippen LogP contribution in [0.15, 0.2) is 22.7 Å². The lowest BCUT2D eigenvalue weighted by molar-refractivity contribution is 0.694. The van der Waals surface area contributed by atoms with Gasteiger partial charge in [-0.25, -0.2) is 4.21 Å². The first-order chi connectivity index (χ1) is 5.61. The van der Waals surface area contributed by atoms with Crippen LogP contribution in [0.5, 0.6) is 0 Å². The minimum atomic E-state index is -1.53. The lowest BCUT2D eigenvalue weighted by Crippen LogP contribution is -1.98. The Morgan fingerprint density at radius 3 is 2.83 bits per heavy atom. The summed E-state index contributed by atoms with van der Waals surface area (Å²) in [6.07, 6.45) is 0. The number of anilines is 1. The molecule has 0 aliphatic rings. The van der Waals surface area contributed by atoms with Gasteiger partial charge in [-0.15, -0.1) is 0 Å². The van der Waals surface area contributed by atoms with E-state index in [-0.39, 0.29) is 0 Å². The third-order valence-electron chi connectivity index (χ3n) is 1.46. The molecule has 0 saturated heterocycles. The van der Waals surface area contributed by atoms with Crippen LogP contribution in [0.25, 0.3) is 0 Å². The molecule has 0 radical (unpaired) electrons. The van der Waals surface area contributed by atoms with Crippen molar-refractivity contribution in [3.63, 3.8) is 0 Å². The Morgan fingerprint density at radius 2 is 2.25 bits per heavy atom. The molecule has 1 N–H and O–H groups in total.